The molecule has 1 N–H and O–H groups in total. The molecule has 1 amide bonds. The van der Waals surface area contributed by atoms with Gasteiger partial charge in [-0.1, -0.05) is 48.0 Å². The van der Waals surface area contributed by atoms with E-state index < -0.39 is 6.04 Å². The lowest BCUT2D eigenvalue weighted by atomic mass is 10.1. The fourth-order valence-corrected chi connectivity index (χ4v) is 2.25. The van der Waals surface area contributed by atoms with Crippen molar-refractivity contribution in [2.45, 2.75) is 19.6 Å². The van der Waals surface area contributed by atoms with E-state index in [0.717, 1.165) is 5.56 Å². The fourth-order valence-electron chi connectivity index (χ4n) is 2.06. The van der Waals surface area contributed by atoms with Gasteiger partial charge in [0.05, 0.1) is 12.6 Å². The highest BCUT2D eigenvalue weighted by Gasteiger charge is 2.13. The molecule has 0 aliphatic heterocycles. The third kappa shape index (κ3) is 4.55. The van der Waals surface area contributed by atoms with Gasteiger partial charge in [0.25, 0.3) is 0 Å². The first-order chi connectivity index (χ1) is 10.6. The molecule has 0 fully saturated rings. The van der Waals surface area contributed by atoms with Crippen molar-refractivity contribution < 1.29 is 13.9 Å². The summed E-state index contributed by atoms with van der Waals surface area (Å²) in [5.74, 6) is -0.643. The molecule has 0 bridgehead atoms. The van der Waals surface area contributed by atoms with E-state index in [9.17, 15) is 9.18 Å². The lowest BCUT2D eigenvalue weighted by molar-refractivity contribution is -0.126. The van der Waals surface area contributed by atoms with Crippen LogP contribution < -0.4 is 5.32 Å². The van der Waals surface area contributed by atoms with E-state index in [4.69, 9.17) is 16.3 Å². The molecule has 0 aliphatic rings. The third-order valence-electron chi connectivity index (χ3n) is 3.20. The van der Waals surface area contributed by atoms with Crippen LogP contribution in [0.1, 0.15) is 24.1 Å². The number of ether oxygens (including phenoxy) is 1. The van der Waals surface area contributed by atoms with Crippen molar-refractivity contribution in [2.75, 3.05) is 6.61 Å². The van der Waals surface area contributed by atoms with Crippen LogP contribution in [0.15, 0.2) is 48.5 Å². The highest BCUT2D eigenvalue weighted by molar-refractivity contribution is 6.31. The molecule has 0 aromatic heterocycles. The summed E-state index contributed by atoms with van der Waals surface area (Å²) in [7, 11) is 0. The first kappa shape index (κ1) is 16.5. The highest BCUT2D eigenvalue weighted by Crippen LogP contribution is 2.17. The predicted molar refractivity (Wildman–Crippen MR) is 84.1 cm³/mol. The summed E-state index contributed by atoms with van der Waals surface area (Å²) in [6, 6.07) is 13.2. The van der Waals surface area contributed by atoms with Crippen LogP contribution in [0.4, 0.5) is 4.39 Å². The largest absolute Gasteiger partial charge is 0.367 e. The van der Waals surface area contributed by atoms with Crippen LogP contribution in [0.2, 0.25) is 5.02 Å². The Morgan fingerprint density at radius 1 is 1.23 bits per heavy atom. The van der Waals surface area contributed by atoms with Gasteiger partial charge in [0, 0.05) is 10.6 Å². The Balaban J connectivity index is 1.81. The van der Waals surface area contributed by atoms with Crippen LogP contribution in [0.5, 0.6) is 0 Å². The summed E-state index contributed by atoms with van der Waals surface area (Å²) in [5.41, 5.74) is 1.26. The first-order valence-corrected chi connectivity index (χ1v) is 7.30. The van der Waals surface area contributed by atoms with Crippen molar-refractivity contribution in [1.82, 2.24) is 5.32 Å². The number of halogens is 2. The molecular weight excluding hydrogens is 305 g/mol. The SMILES string of the molecule is CC(NC(=O)COCc1ccccc1Cl)c1ccccc1F. The fraction of sp³-hybridized carbons (Fsp3) is 0.235. The molecule has 0 saturated heterocycles. The Bertz CT molecular complexity index is 648. The average molecular weight is 322 g/mol. The van der Waals surface area contributed by atoms with Crippen LogP contribution in [-0.4, -0.2) is 12.5 Å². The highest BCUT2D eigenvalue weighted by atomic mass is 35.5. The molecule has 0 saturated carbocycles. The van der Waals surface area contributed by atoms with Crippen molar-refractivity contribution in [3.8, 4) is 0 Å². The molecule has 3 nitrogen and oxygen atoms in total. The van der Waals surface area contributed by atoms with Gasteiger partial charge < -0.3 is 10.1 Å². The van der Waals surface area contributed by atoms with E-state index in [0.29, 0.717) is 10.6 Å². The third-order valence-corrected chi connectivity index (χ3v) is 3.57. The lowest BCUT2D eigenvalue weighted by Crippen LogP contribution is -2.30. The van der Waals surface area contributed by atoms with Gasteiger partial charge in [-0.15, -0.1) is 0 Å². The maximum Gasteiger partial charge on any atom is 0.246 e. The van der Waals surface area contributed by atoms with Crippen LogP contribution in [0, 0.1) is 5.82 Å². The zero-order valence-corrected chi connectivity index (χ0v) is 12.9. The smallest absolute Gasteiger partial charge is 0.246 e. The van der Waals surface area contributed by atoms with Crippen molar-refractivity contribution in [2.24, 2.45) is 0 Å². The van der Waals surface area contributed by atoms with E-state index in [2.05, 4.69) is 5.32 Å². The van der Waals surface area contributed by atoms with Gasteiger partial charge in [-0.2, -0.15) is 0 Å². The topological polar surface area (TPSA) is 38.3 Å². The predicted octanol–water partition coefficient (Wildman–Crippen LogP) is 3.87. The molecule has 0 heterocycles. The summed E-state index contributed by atoms with van der Waals surface area (Å²) in [4.78, 5) is 11.8. The van der Waals surface area contributed by atoms with Crippen molar-refractivity contribution in [3.63, 3.8) is 0 Å². The molecule has 0 radical (unpaired) electrons. The molecule has 2 aromatic carbocycles. The molecule has 116 valence electrons. The van der Waals surface area contributed by atoms with Gasteiger partial charge in [-0.3, -0.25) is 4.79 Å². The zero-order valence-electron chi connectivity index (χ0n) is 12.2. The second-order valence-corrected chi connectivity index (χ2v) is 5.30. The normalized spacial score (nSPS) is 12.0. The number of carbonyl (C=O) groups is 1. The maximum atomic E-state index is 13.6. The Hall–Kier alpha value is -1.91. The summed E-state index contributed by atoms with van der Waals surface area (Å²) < 4.78 is 19.0. The van der Waals surface area contributed by atoms with E-state index in [1.165, 1.54) is 6.07 Å². The average Bonchev–Trinajstić information content (AvgIpc) is 2.49. The van der Waals surface area contributed by atoms with Gasteiger partial charge >= 0.3 is 0 Å². The van der Waals surface area contributed by atoms with E-state index in [1.807, 2.05) is 18.2 Å². The van der Waals surface area contributed by atoms with Crippen LogP contribution >= 0.6 is 11.6 Å². The van der Waals surface area contributed by atoms with Gasteiger partial charge in [0.15, 0.2) is 0 Å². The number of carbonyl (C=O) groups excluding carboxylic acids is 1. The van der Waals surface area contributed by atoms with Crippen LogP contribution in [0.25, 0.3) is 0 Å². The lowest BCUT2D eigenvalue weighted by Gasteiger charge is -2.15. The summed E-state index contributed by atoms with van der Waals surface area (Å²) in [6.07, 6.45) is 0. The van der Waals surface area contributed by atoms with Gasteiger partial charge in [0.1, 0.15) is 12.4 Å². The van der Waals surface area contributed by atoms with Crippen molar-refractivity contribution in [3.05, 3.63) is 70.5 Å². The van der Waals surface area contributed by atoms with Gasteiger partial charge in [-0.05, 0) is 24.6 Å². The Morgan fingerprint density at radius 2 is 1.91 bits per heavy atom. The second-order valence-electron chi connectivity index (χ2n) is 4.89. The number of hydrogen-bond acceptors (Lipinski definition) is 2. The summed E-state index contributed by atoms with van der Waals surface area (Å²) in [5, 5.41) is 3.30. The minimum Gasteiger partial charge on any atom is -0.367 e. The molecule has 2 aromatic rings. The van der Waals surface area contributed by atoms with Crippen molar-refractivity contribution >= 4 is 17.5 Å². The monoisotopic (exact) mass is 321 g/mol. The quantitative estimate of drug-likeness (QED) is 0.877. The molecule has 22 heavy (non-hydrogen) atoms. The molecule has 5 heteroatoms. The molecule has 1 atom stereocenters. The summed E-state index contributed by atoms with van der Waals surface area (Å²) >= 11 is 6.00. The maximum absolute atomic E-state index is 13.6. The Kier molecular flexibility index (Phi) is 5.92. The van der Waals surface area contributed by atoms with E-state index in [-0.39, 0.29) is 24.9 Å². The number of benzene rings is 2. The van der Waals surface area contributed by atoms with Gasteiger partial charge in [-0.25, -0.2) is 4.39 Å². The molecular formula is C17H17ClFNO2. The molecule has 0 spiro atoms. The molecule has 0 aliphatic carbocycles. The summed E-state index contributed by atoms with van der Waals surface area (Å²) in [6.45, 7) is 1.87. The molecule has 1 unspecified atom stereocenters. The van der Waals surface area contributed by atoms with Crippen LogP contribution in [0.3, 0.4) is 0 Å². The number of rotatable bonds is 6. The van der Waals surface area contributed by atoms with Crippen molar-refractivity contribution in [1.29, 1.82) is 0 Å². The van der Waals surface area contributed by atoms with Crippen LogP contribution in [-0.2, 0) is 16.1 Å². The number of nitrogens with one attached hydrogen (secondary N) is 1. The Labute approximate surface area is 134 Å². The Morgan fingerprint density at radius 3 is 2.64 bits per heavy atom. The minimum atomic E-state index is -0.419. The standard InChI is InChI=1S/C17H17ClFNO2/c1-12(14-7-3-5-9-16(14)19)20-17(21)11-22-10-13-6-2-4-8-15(13)18/h2-9,12H,10-11H2,1H3,(H,20,21). The first-order valence-electron chi connectivity index (χ1n) is 6.93. The molecule has 2 rings (SSSR count). The second kappa shape index (κ2) is 7.92. The van der Waals surface area contributed by atoms with Gasteiger partial charge in [0.2, 0.25) is 5.91 Å². The van der Waals surface area contributed by atoms with E-state index in [1.54, 1.807) is 31.2 Å². The number of hydrogen-bond donors (Lipinski definition) is 1. The number of amides is 1. The zero-order chi connectivity index (χ0) is 15.9. The minimum absolute atomic E-state index is 0.107. The van der Waals surface area contributed by atoms with E-state index >= 15 is 0 Å².